The number of carbonyl (C=O) groups excluding carboxylic acids is 2. The minimum atomic E-state index is -1.09. The molecule has 156 valence electrons. The Labute approximate surface area is 181 Å². The van der Waals surface area contributed by atoms with E-state index in [0.717, 1.165) is 16.7 Å². The Morgan fingerprint density at radius 1 is 0.968 bits per heavy atom. The van der Waals surface area contributed by atoms with Gasteiger partial charge in [0.15, 0.2) is 0 Å². The fourth-order valence-corrected chi connectivity index (χ4v) is 3.39. The SMILES string of the molecule is Cc1ccc(C)c(NC(=O)C(OC(=O)C2=Cc3ccccc3OC2)c2ccccc2)c1. The molecule has 1 amide bonds. The van der Waals surface area contributed by atoms with Crippen LogP contribution in [-0.2, 0) is 14.3 Å². The second-order valence-electron chi connectivity index (χ2n) is 7.50. The number of carbonyl (C=O) groups is 2. The van der Waals surface area contributed by atoms with Gasteiger partial charge in [0.05, 0.1) is 5.57 Å². The molecule has 31 heavy (non-hydrogen) atoms. The zero-order valence-corrected chi connectivity index (χ0v) is 17.4. The van der Waals surface area contributed by atoms with Crippen molar-refractivity contribution in [1.82, 2.24) is 0 Å². The number of hydrogen-bond donors (Lipinski definition) is 1. The van der Waals surface area contributed by atoms with Gasteiger partial charge in [0.25, 0.3) is 5.91 Å². The standard InChI is InChI=1S/C26H23NO4/c1-17-12-13-18(2)22(14-17)27-25(28)24(19-8-4-3-5-9-19)31-26(29)21-15-20-10-6-7-11-23(20)30-16-21/h3-15,24H,16H2,1-2H3,(H,27,28). The summed E-state index contributed by atoms with van der Waals surface area (Å²) >= 11 is 0. The van der Waals surface area contributed by atoms with Crippen LogP contribution in [0.4, 0.5) is 5.69 Å². The third-order valence-electron chi connectivity index (χ3n) is 5.11. The van der Waals surface area contributed by atoms with Gasteiger partial charge in [-0.1, -0.05) is 60.7 Å². The maximum Gasteiger partial charge on any atom is 0.338 e. The summed E-state index contributed by atoms with van der Waals surface area (Å²) in [5.41, 5.74) is 4.40. The first-order valence-electron chi connectivity index (χ1n) is 10.1. The molecule has 3 aromatic carbocycles. The lowest BCUT2D eigenvalue weighted by Crippen LogP contribution is -2.28. The normalized spacial score (nSPS) is 13.3. The highest BCUT2D eigenvalue weighted by atomic mass is 16.6. The number of amides is 1. The molecular formula is C26H23NO4. The summed E-state index contributed by atoms with van der Waals surface area (Å²) < 4.78 is 11.4. The van der Waals surface area contributed by atoms with E-state index in [1.807, 2.05) is 62.4 Å². The van der Waals surface area contributed by atoms with Crippen molar-refractivity contribution in [2.45, 2.75) is 20.0 Å². The third kappa shape index (κ3) is 4.67. The summed E-state index contributed by atoms with van der Waals surface area (Å²) in [6.45, 7) is 3.97. The number of rotatable bonds is 5. The van der Waals surface area contributed by atoms with Crippen molar-refractivity contribution < 1.29 is 19.1 Å². The van der Waals surface area contributed by atoms with Crippen molar-refractivity contribution in [1.29, 1.82) is 0 Å². The Morgan fingerprint density at radius 3 is 2.52 bits per heavy atom. The van der Waals surface area contributed by atoms with E-state index in [1.165, 1.54) is 0 Å². The molecule has 0 fully saturated rings. The number of anilines is 1. The highest BCUT2D eigenvalue weighted by Crippen LogP contribution is 2.28. The summed E-state index contributed by atoms with van der Waals surface area (Å²) in [7, 11) is 0. The lowest BCUT2D eigenvalue weighted by atomic mass is 10.1. The van der Waals surface area contributed by atoms with Gasteiger partial charge in [0, 0.05) is 16.8 Å². The summed E-state index contributed by atoms with van der Waals surface area (Å²) in [4.78, 5) is 26.1. The minimum Gasteiger partial charge on any atom is -0.488 e. The number of esters is 1. The summed E-state index contributed by atoms with van der Waals surface area (Å²) in [6.07, 6.45) is 0.651. The molecule has 1 atom stereocenters. The predicted molar refractivity (Wildman–Crippen MR) is 120 cm³/mol. The number of para-hydroxylation sites is 1. The second-order valence-corrected chi connectivity index (χ2v) is 7.50. The molecule has 0 aromatic heterocycles. The van der Waals surface area contributed by atoms with Crippen LogP contribution in [0.5, 0.6) is 5.75 Å². The van der Waals surface area contributed by atoms with E-state index in [9.17, 15) is 9.59 Å². The molecule has 1 aliphatic rings. The first-order valence-corrected chi connectivity index (χ1v) is 10.1. The molecule has 0 saturated heterocycles. The van der Waals surface area contributed by atoms with Gasteiger partial charge in [-0.3, -0.25) is 4.79 Å². The largest absolute Gasteiger partial charge is 0.488 e. The Hall–Kier alpha value is -3.86. The second kappa shape index (κ2) is 8.88. The van der Waals surface area contributed by atoms with Crippen LogP contribution in [0.3, 0.4) is 0 Å². The van der Waals surface area contributed by atoms with Crippen molar-refractivity contribution >= 4 is 23.6 Å². The van der Waals surface area contributed by atoms with Gasteiger partial charge in [-0.2, -0.15) is 0 Å². The Kier molecular flexibility index (Phi) is 5.85. The molecule has 0 saturated carbocycles. The lowest BCUT2D eigenvalue weighted by molar-refractivity contribution is -0.151. The maximum absolute atomic E-state index is 13.2. The Morgan fingerprint density at radius 2 is 1.71 bits per heavy atom. The van der Waals surface area contributed by atoms with Gasteiger partial charge in [-0.25, -0.2) is 4.79 Å². The van der Waals surface area contributed by atoms with Gasteiger partial charge in [0.1, 0.15) is 12.4 Å². The number of ether oxygens (including phenoxy) is 2. The van der Waals surface area contributed by atoms with E-state index >= 15 is 0 Å². The van der Waals surface area contributed by atoms with E-state index in [4.69, 9.17) is 9.47 Å². The van der Waals surface area contributed by atoms with Crippen LogP contribution in [-0.4, -0.2) is 18.5 Å². The summed E-state index contributed by atoms with van der Waals surface area (Å²) in [5.74, 6) is -0.281. The molecule has 1 unspecified atom stereocenters. The van der Waals surface area contributed by atoms with Crippen LogP contribution in [0.15, 0.2) is 78.4 Å². The van der Waals surface area contributed by atoms with Crippen LogP contribution in [0, 0.1) is 13.8 Å². The first kappa shape index (κ1) is 20.4. The van der Waals surface area contributed by atoms with Gasteiger partial charge < -0.3 is 14.8 Å². The summed E-state index contributed by atoms with van der Waals surface area (Å²) in [6, 6.07) is 22.3. The molecular weight excluding hydrogens is 390 g/mol. The number of hydrogen-bond acceptors (Lipinski definition) is 4. The first-order chi connectivity index (χ1) is 15.0. The molecule has 5 nitrogen and oxygen atoms in total. The fraction of sp³-hybridized carbons (Fsp3) is 0.154. The van der Waals surface area contributed by atoms with Crippen LogP contribution in [0.25, 0.3) is 6.08 Å². The van der Waals surface area contributed by atoms with Gasteiger partial charge in [0.2, 0.25) is 6.10 Å². The fourth-order valence-electron chi connectivity index (χ4n) is 3.39. The smallest absolute Gasteiger partial charge is 0.338 e. The van der Waals surface area contributed by atoms with Crippen molar-refractivity contribution in [3.63, 3.8) is 0 Å². The predicted octanol–water partition coefficient (Wildman–Crippen LogP) is 5.00. The van der Waals surface area contributed by atoms with E-state index in [1.54, 1.807) is 30.3 Å². The van der Waals surface area contributed by atoms with Crippen molar-refractivity contribution in [3.05, 3.63) is 101 Å². The zero-order chi connectivity index (χ0) is 21.8. The zero-order valence-electron chi connectivity index (χ0n) is 17.4. The molecule has 1 heterocycles. The maximum atomic E-state index is 13.2. The van der Waals surface area contributed by atoms with Gasteiger partial charge in [-0.15, -0.1) is 0 Å². The average molecular weight is 413 g/mol. The van der Waals surface area contributed by atoms with Crippen LogP contribution < -0.4 is 10.1 Å². The molecule has 0 radical (unpaired) electrons. The monoisotopic (exact) mass is 413 g/mol. The Bertz CT molecular complexity index is 1150. The quantitative estimate of drug-likeness (QED) is 0.598. The molecule has 0 aliphatic carbocycles. The minimum absolute atomic E-state index is 0.0932. The Balaban J connectivity index is 1.59. The number of benzene rings is 3. The van der Waals surface area contributed by atoms with Gasteiger partial charge >= 0.3 is 5.97 Å². The number of fused-ring (bicyclic) bond motifs is 1. The average Bonchev–Trinajstić information content (AvgIpc) is 2.80. The molecule has 1 aliphatic heterocycles. The third-order valence-corrected chi connectivity index (χ3v) is 5.11. The molecule has 3 aromatic rings. The van der Waals surface area contributed by atoms with E-state index in [0.29, 0.717) is 22.6 Å². The van der Waals surface area contributed by atoms with Gasteiger partial charge in [-0.05, 0) is 43.2 Å². The van der Waals surface area contributed by atoms with Crippen LogP contribution in [0.2, 0.25) is 0 Å². The molecule has 0 bridgehead atoms. The number of aryl methyl sites for hydroxylation is 2. The summed E-state index contributed by atoms with van der Waals surface area (Å²) in [5, 5.41) is 2.91. The molecule has 4 rings (SSSR count). The van der Waals surface area contributed by atoms with E-state index in [-0.39, 0.29) is 6.61 Å². The van der Waals surface area contributed by atoms with E-state index < -0.39 is 18.0 Å². The van der Waals surface area contributed by atoms with Crippen LogP contribution >= 0.6 is 0 Å². The molecule has 0 spiro atoms. The highest BCUT2D eigenvalue weighted by molar-refractivity contribution is 6.00. The van der Waals surface area contributed by atoms with Crippen molar-refractivity contribution in [3.8, 4) is 5.75 Å². The van der Waals surface area contributed by atoms with Crippen molar-refractivity contribution in [2.24, 2.45) is 0 Å². The van der Waals surface area contributed by atoms with Crippen molar-refractivity contribution in [2.75, 3.05) is 11.9 Å². The highest BCUT2D eigenvalue weighted by Gasteiger charge is 2.28. The topological polar surface area (TPSA) is 64.6 Å². The van der Waals surface area contributed by atoms with E-state index in [2.05, 4.69) is 5.32 Å². The molecule has 5 heteroatoms. The number of nitrogens with one attached hydrogen (secondary N) is 1. The molecule has 1 N–H and O–H groups in total. The lowest BCUT2D eigenvalue weighted by Gasteiger charge is -2.21. The van der Waals surface area contributed by atoms with Crippen LogP contribution in [0.1, 0.15) is 28.4 Å².